The Bertz CT molecular complexity index is 1120. The number of likely N-dealkylation sites (tertiary alicyclic amines) is 1. The predicted molar refractivity (Wildman–Crippen MR) is 136 cm³/mol. The standard InChI is InChI=1S/C28H34N4O/c29-20-26(21-30)24-9-10-27-25(19-24)14-18-31(27)16-12-23-7-4-15-32(17-13-23)28(33)11-8-22-5-2-1-3-6-22/h1-3,5-6,9-10,14,18-21,23,29H,4,7-8,11-13,15-17,30H2/b26-21+,29-20?. The third kappa shape index (κ3) is 5.72. The van der Waals surface area contributed by atoms with Crippen molar-refractivity contribution in [2.24, 2.45) is 11.7 Å². The molecule has 0 radical (unpaired) electrons. The minimum atomic E-state index is 0.294. The first-order chi connectivity index (χ1) is 16.2. The number of nitrogens with one attached hydrogen (secondary N) is 1. The molecule has 33 heavy (non-hydrogen) atoms. The van der Waals surface area contributed by atoms with E-state index in [0.717, 1.165) is 56.5 Å². The van der Waals surface area contributed by atoms with Gasteiger partial charge in [-0.3, -0.25) is 4.79 Å². The molecule has 1 atom stereocenters. The van der Waals surface area contributed by atoms with E-state index >= 15 is 0 Å². The van der Waals surface area contributed by atoms with Crippen LogP contribution in [0.1, 0.15) is 43.2 Å². The van der Waals surface area contributed by atoms with Crippen molar-refractivity contribution < 1.29 is 4.79 Å². The number of fused-ring (bicyclic) bond motifs is 1. The van der Waals surface area contributed by atoms with Crippen molar-refractivity contribution in [3.63, 3.8) is 0 Å². The highest BCUT2D eigenvalue weighted by Crippen LogP contribution is 2.25. The maximum absolute atomic E-state index is 12.7. The number of carbonyl (C=O) groups excluding carboxylic acids is 1. The van der Waals surface area contributed by atoms with Gasteiger partial charge in [0, 0.05) is 61.1 Å². The monoisotopic (exact) mass is 442 g/mol. The molecule has 0 aliphatic carbocycles. The Morgan fingerprint density at radius 1 is 1.09 bits per heavy atom. The molecular formula is C28H34N4O. The summed E-state index contributed by atoms with van der Waals surface area (Å²) < 4.78 is 2.32. The molecule has 1 fully saturated rings. The van der Waals surface area contributed by atoms with Gasteiger partial charge in [-0.25, -0.2) is 0 Å². The van der Waals surface area contributed by atoms with E-state index in [9.17, 15) is 4.79 Å². The minimum absolute atomic E-state index is 0.294. The number of hydrogen-bond donors (Lipinski definition) is 2. The summed E-state index contributed by atoms with van der Waals surface area (Å²) in [4.78, 5) is 14.8. The van der Waals surface area contributed by atoms with Gasteiger partial charge in [0.25, 0.3) is 0 Å². The van der Waals surface area contributed by atoms with Gasteiger partial charge in [0.05, 0.1) is 0 Å². The van der Waals surface area contributed by atoms with E-state index < -0.39 is 0 Å². The van der Waals surface area contributed by atoms with E-state index in [1.54, 1.807) is 0 Å². The first kappa shape index (κ1) is 22.8. The highest BCUT2D eigenvalue weighted by Gasteiger charge is 2.20. The van der Waals surface area contributed by atoms with Crippen LogP contribution >= 0.6 is 0 Å². The average Bonchev–Trinajstić information content (AvgIpc) is 3.10. The quantitative estimate of drug-likeness (QED) is 0.468. The van der Waals surface area contributed by atoms with Crippen molar-refractivity contribution in [3.05, 3.63) is 78.1 Å². The number of amides is 1. The van der Waals surface area contributed by atoms with Gasteiger partial charge in [0.1, 0.15) is 0 Å². The van der Waals surface area contributed by atoms with Crippen molar-refractivity contribution in [1.82, 2.24) is 9.47 Å². The van der Waals surface area contributed by atoms with Crippen molar-refractivity contribution in [2.45, 2.75) is 45.1 Å². The number of aromatic nitrogens is 1. The molecule has 2 heterocycles. The van der Waals surface area contributed by atoms with Gasteiger partial charge >= 0.3 is 0 Å². The lowest BCUT2D eigenvalue weighted by Gasteiger charge is -2.21. The highest BCUT2D eigenvalue weighted by molar-refractivity contribution is 6.09. The molecule has 1 aliphatic rings. The largest absolute Gasteiger partial charge is 0.404 e. The third-order valence-corrected chi connectivity index (χ3v) is 6.89. The van der Waals surface area contributed by atoms with E-state index in [0.29, 0.717) is 18.2 Å². The Balaban J connectivity index is 1.29. The fourth-order valence-electron chi connectivity index (χ4n) is 4.88. The van der Waals surface area contributed by atoms with Crippen LogP contribution in [0.15, 0.2) is 67.0 Å². The first-order valence-corrected chi connectivity index (χ1v) is 12.0. The van der Waals surface area contributed by atoms with Gasteiger partial charge in [0.15, 0.2) is 0 Å². The molecule has 5 nitrogen and oxygen atoms in total. The average molecular weight is 443 g/mol. The number of benzene rings is 2. The Labute approximate surface area is 196 Å². The van der Waals surface area contributed by atoms with Gasteiger partial charge in [-0.15, -0.1) is 0 Å². The summed E-state index contributed by atoms with van der Waals surface area (Å²) in [6, 6.07) is 18.7. The van der Waals surface area contributed by atoms with Gasteiger partial charge < -0.3 is 20.6 Å². The molecule has 1 aromatic heterocycles. The van der Waals surface area contributed by atoms with Crippen molar-refractivity contribution in [1.29, 1.82) is 5.41 Å². The lowest BCUT2D eigenvalue weighted by molar-refractivity contribution is -0.131. The predicted octanol–water partition coefficient (Wildman–Crippen LogP) is 5.24. The zero-order valence-electron chi connectivity index (χ0n) is 19.2. The van der Waals surface area contributed by atoms with Gasteiger partial charge in [-0.1, -0.05) is 36.4 Å². The highest BCUT2D eigenvalue weighted by atomic mass is 16.2. The lowest BCUT2D eigenvalue weighted by Crippen LogP contribution is -2.32. The van der Waals surface area contributed by atoms with Crippen LogP contribution in [0.5, 0.6) is 0 Å². The fraction of sp³-hybridized carbons (Fsp3) is 0.357. The number of nitrogens with zero attached hydrogens (tertiary/aromatic N) is 2. The van der Waals surface area contributed by atoms with E-state index in [1.807, 2.05) is 24.3 Å². The molecule has 4 rings (SSSR count). The lowest BCUT2D eigenvalue weighted by atomic mass is 9.97. The normalized spacial score (nSPS) is 17.2. The van der Waals surface area contributed by atoms with Crippen LogP contribution in [0.2, 0.25) is 0 Å². The van der Waals surface area contributed by atoms with Crippen LogP contribution in [0, 0.1) is 11.3 Å². The van der Waals surface area contributed by atoms with Crippen LogP contribution in [-0.4, -0.2) is 34.7 Å². The molecule has 2 aromatic carbocycles. The summed E-state index contributed by atoms with van der Waals surface area (Å²) in [6.45, 7) is 2.76. The smallest absolute Gasteiger partial charge is 0.222 e. The minimum Gasteiger partial charge on any atom is -0.404 e. The molecule has 0 spiro atoms. The summed E-state index contributed by atoms with van der Waals surface area (Å²) in [6.07, 6.45) is 10.9. The summed E-state index contributed by atoms with van der Waals surface area (Å²) in [7, 11) is 0. The molecule has 3 N–H and O–H groups in total. The molecule has 0 saturated carbocycles. The van der Waals surface area contributed by atoms with Gasteiger partial charge in [0.2, 0.25) is 5.91 Å². The summed E-state index contributed by atoms with van der Waals surface area (Å²) in [5, 5.41) is 8.68. The van der Waals surface area contributed by atoms with E-state index in [2.05, 4.69) is 46.0 Å². The van der Waals surface area contributed by atoms with E-state index in [4.69, 9.17) is 11.1 Å². The molecule has 1 unspecified atom stereocenters. The molecule has 5 heteroatoms. The first-order valence-electron chi connectivity index (χ1n) is 12.0. The molecule has 1 aliphatic heterocycles. The maximum atomic E-state index is 12.7. The summed E-state index contributed by atoms with van der Waals surface area (Å²) in [5.74, 6) is 0.945. The number of nitrogens with two attached hydrogens (primary N) is 1. The second kappa shape index (κ2) is 11.0. The van der Waals surface area contributed by atoms with Crippen molar-refractivity contribution >= 4 is 28.6 Å². The summed E-state index contributed by atoms with van der Waals surface area (Å²) in [5.41, 5.74) is 9.78. The zero-order chi connectivity index (χ0) is 23.0. The molecular weight excluding hydrogens is 408 g/mol. The van der Waals surface area contributed by atoms with E-state index in [-0.39, 0.29) is 0 Å². The van der Waals surface area contributed by atoms with E-state index in [1.165, 1.54) is 35.3 Å². The Kier molecular flexibility index (Phi) is 7.61. The number of rotatable bonds is 8. The third-order valence-electron chi connectivity index (χ3n) is 6.89. The Morgan fingerprint density at radius 3 is 2.73 bits per heavy atom. The van der Waals surface area contributed by atoms with Crippen LogP contribution in [0.4, 0.5) is 0 Å². The molecule has 172 valence electrons. The molecule has 0 bridgehead atoms. The van der Waals surface area contributed by atoms with Crippen molar-refractivity contribution in [2.75, 3.05) is 13.1 Å². The van der Waals surface area contributed by atoms with Crippen molar-refractivity contribution in [3.8, 4) is 0 Å². The number of aryl methyl sites for hydroxylation is 2. The van der Waals surface area contributed by atoms with Crippen LogP contribution in [0.3, 0.4) is 0 Å². The second-order valence-corrected chi connectivity index (χ2v) is 9.00. The van der Waals surface area contributed by atoms with Gasteiger partial charge in [-0.2, -0.15) is 0 Å². The number of allylic oxidation sites excluding steroid dienone is 1. The number of carbonyl (C=O) groups is 1. The molecule has 1 amide bonds. The van der Waals surface area contributed by atoms with Crippen LogP contribution in [-0.2, 0) is 17.8 Å². The molecule has 3 aromatic rings. The maximum Gasteiger partial charge on any atom is 0.222 e. The van der Waals surface area contributed by atoms with Crippen LogP contribution < -0.4 is 5.73 Å². The van der Waals surface area contributed by atoms with Gasteiger partial charge in [-0.05, 0) is 67.3 Å². The zero-order valence-corrected chi connectivity index (χ0v) is 19.2. The summed E-state index contributed by atoms with van der Waals surface area (Å²) >= 11 is 0. The fourth-order valence-corrected chi connectivity index (χ4v) is 4.88. The number of hydrogen-bond acceptors (Lipinski definition) is 3. The second-order valence-electron chi connectivity index (χ2n) is 9.00. The topological polar surface area (TPSA) is 75.1 Å². The Morgan fingerprint density at radius 2 is 1.94 bits per heavy atom. The SMILES string of the molecule is N=C/C(=C\N)c1ccc2c(ccn2CCC2CCCN(C(=O)CCc3ccccc3)CC2)c1. The molecule has 1 saturated heterocycles. The Hall–Kier alpha value is -3.34. The van der Waals surface area contributed by atoms with Crippen LogP contribution in [0.25, 0.3) is 16.5 Å².